The number of likely N-dealkylation sites (tertiary alicyclic amines) is 1. The minimum absolute atomic E-state index is 0.358. The molecule has 1 aromatic carbocycles. The number of hydrogen-bond donors (Lipinski definition) is 3. The molecule has 1 saturated heterocycles. The maximum atomic E-state index is 10.2. The Labute approximate surface area is 135 Å². The summed E-state index contributed by atoms with van der Waals surface area (Å²) in [6, 6.07) is 8.39. The van der Waals surface area contributed by atoms with E-state index >= 15 is 0 Å². The molecule has 0 amide bonds. The number of hydrogen-bond acceptors (Lipinski definition) is 2. The van der Waals surface area contributed by atoms with E-state index in [-0.39, 0.29) is 0 Å². The van der Waals surface area contributed by atoms with Crippen molar-refractivity contribution in [1.82, 2.24) is 0 Å². The van der Waals surface area contributed by atoms with Crippen molar-refractivity contribution in [1.29, 1.82) is 0 Å². The van der Waals surface area contributed by atoms with Crippen LogP contribution in [-0.2, 0) is 0 Å². The molecule has 0 radical (unpaired) electrons. The fourth-order valence-corrected chi connectivity index (χ4v) is 3.19. The molecule has 0 bridgehead atoms. The molecule has 0 saturated carbocycles. The number of halogens is 1. The highest BCUT2D eigenvalue weighted by Gasteiger charge is 2.27. The van der Waals surface area contributed by atoms with E-state index in [2.05, 4.69) is 30.0 Å². The summed E-state index contributed by atoms with van der Waals surface area (Å²) < 4.78 is 6.67. The van der Waals surface area contributed by atoms with Gasteiger partial charge in [-0.3, -0.25) is 0 Å². The summed E-state index contributed by atoms with van der Waals surface area (Å²) in [6.07, 6.45) is 2.08. The number of likely N-dealkylation sites (N-methyl/N-ethyl adjacent to an activating group) is 1. The third-order valence-electron chi connectivity index (χ3n) is 4.35. The molecule has 2 atom stereocenters. The first-order valence-corrected chi connectivity index (χ1v) is 8.54. The molecule has 0 aromatic heterocycles. The van der Waals surface area contributed by atoms with Gasteiger partial charge in [0.1, 0.15) is 25.0 Å². The first kappa shape index (κ1) is 16.7. The first-order chi connectivity index (χ1) is 10.0. The van der Waals surface area contributed by atoms with Crippen LogP contribution in [0, 0.1) is 0 Å². The van der Waals surface area contributed by atoms with Crippen molar-refractivity contribution in [3.63, 3.8) is 0 Å². The molecule has 1 fully saturated rings. The second kappa shape index (κ2) is 8.13. The van der Waals surface area contributed by atoms with Gasteiger partial charge in [0.15, 0.2) is 0 Å². The zero-order chi connectivity index (χ0) is 15.2. The number of ether oxygens (including phenoxy) is 1. The van der Waals surface area contributed by atoms with E-state index in [4.69, 9.17) is 4.74 Å². The van der Waals surface area contributed by atoms with Crippen molar-refractivity contribution >= 4 is 15.9 Å². The number of piperidine rings is 1. The van der Waals surface area contributed by atoms with Crippen LogP contribution in [0.2, 0.25) is 0 Å². The molecule has 0 spiro atoms. The summed E-state index contributed by atoms with van der Waals surface area (Å²) in [4.78, 5) is 3.05. The first-order valence-electron chi connectivity index (χ1n) is 7.74. The van der Waals surface area contributed by atoms with Gasteiger partial charge in [-0.15, -0.1) is 0 Å². The average molecular weight is 359 g/mol. The predicted molar refractivity (Wildman–Crippen MR) is 87.0 cm³/mol. The minimum Gasteiger partial charge on any atom is -0.491 e. The van der Waals surface area contributed by atoms with Crippen molar-refractivity contribution in [3.8, 4) is 5.75 Å². The number of aliphatic hydroxyl groups excluding tert-OH is 1. The molecule has 118 valence electrons. The van der Waals surface area contributed by atoms with Gasteiger partial charge in [0.2, 0.25) is 0 Å². The Morgan fingerprint density at radius 2 is 1.95 bits per heavy atom. The molecule has 4 nitrogen and oxygen atoms in total. The SMILES string of the molecule is C[NH+]1CCC([NH+](C)C[C@H](O)COc2ccc(Br)cc2)CC1. The van der Waals surface area contributed by atoms with Gasteiger partial charge in [-0.25, -0.2) is 0 Å². The van der Waals surface area contributed by atoms with Crippen molar-refractivity contribution < 1.29 is 19.6 Å². The molecular formula is C16H27BrN2O2+2. The van der Waals surface area contributed by atoms with Crippen molar-refractivity contribution in [2.45, 2.75) is 25.0 Å². The van der Waals surface area contributed by atoms with Crippen molar-refractivity contribution in [3.05, 3.63) is 28.7 Å². The maximum absolute atomic E-state index is 10.2. The summed E-state index contributed by atoms with van der Waals surface area (Å²) >= 11 is 3.40. The minimum atomic E-state index is -0.416. The molecule has 2 rings (SSSR count). The maximum Gasteiger partial charge on any atom is 0.137 e. The molecule has 3 N–H and O–H groups in total. The van der Waals surface area contributed by atoms with Gasteiger partial charge < -0.3 is 19.6 Å². The topological polar surface area (TPSA) is 38.3 Å². The third kappa shape index (κ3) is 5.58. The van der Waals surface area contributed by atoms with Crippen LogP contribution >= 0.6 is 15.9 Å². The highest BCUT2D eigenvalue weighted by molar-refractivity contribution is 9.10. The van der Waals surface area contributed by atoms with Crippen LogP contribution in [0.25, 0.3) is 0 Å². The second-order valence-corrected chi connectivity index (χ2v) is 7.12. The Kier molecular flexibility index (Phi) is 6.48. The summed E-state index contributed by atoms with van der Waals surface area (Å²) in [7, 11) is 4.45. The smallest absolute Gasteiger partial charge is 0.137 e. The number of quaternary nitrogens is 2. The van der Waals surface area contributed by atoms with Gasteiger partial charge in [-0.1, -0.05) is 15.9 Å². The molecule has 1 aromatic rings. The zero-order valence-electron chi connectivity index (χ0n) is 12.9. The quantitative estimate of drug-likeness (QED) is 0.634. The highest BCUT2D eigenvalue weighted by atomic mass is 79.9. The monoisotopic (exact) mass is 358 g/mol. The van der Waals surface area contributed by atoms with E-state index in [1.54, 1.807) is 4.90 Å². The molecule has 1 aliphatic rings. The third-order valence-corrected chi connectivity index (χ3v) is 4.88. The lowest BCUT2D eigenvalue weighted by Gasteiger charge is -2.31. The van der Waals surface area contributed by atoms with Gasteiger partial charge >= 0.3 is 0 Å². The summed E-state index contributed by atoms with van der Waals surface area (Å²) in [6.45, 7) is 3.60. The Morgan fingerprint density at radius 1 is 1.33 bits per heavy atom. The van der Waals surface area contributed by atoms with Crippen molar-refractivity contribution in [2.24, 2.45) is 0 Å². The lowest BCUT2D eigenvalue weighted by molar-refractivity contribution is -0.941. The van der Waals surface area contributed by atoms with Crippen LogP contribution in [-0.4, -0.2) is 57.6 Å². The van der Waals surface area contributed by atoms with Crippen LogP contribution in [0.1, 0.15) is 12.8 Å². The highest BCUT2D eigenvalue weighted by Crippen LogP contribution is 2.16. The van der Waals surface area contributed by atoms with Gasteiger partial charge in [0.05, 0.1) is 33.2 Å². The van der Waals surface area contributed by atoms with Crippen LogP contribution in [0.5, 0.6) is 5.75 Å². The molecular weight excluding hydrogens is 332 g/mol. The van der Waals surface area contributed by atoms with Crippen LogP contribution < -0.4 is 14.5 Å². The predicted octanol–water partition coefficient (Wildman–Crippen LogP) is -0.619. The molecule has 5 heteroatoms. The van der Waals surface area contributed by atoms with Gasteiger partial charge in [-0.2, -0.15) is 0 Å². The van der Waals surface area contributed by atoms with E-state index in [1.165, 1.54) is 30.8 Å². The van der Waals surface area contributed by atoms with Gasteiger partial charge in [-0.05, 0) is 24.3 Å². The number of rotatable bonds is 6. The van der Waals surface area contributed by atoms with E-state index in [0.717, 1.165) is 16.8 Å². The van der Waals surface area contributed by atoms with Crippen LogP contribution in [0.4, 0.5) is 0 Å². The number of aliphatic hydroxyl groups is 1. The lowest BCUT2D eigenvalue weighted by atomic mass is 10.0. The molecule has 21 heavy (non-hydrogen) atoms. The van der Waals surface area contributed by atoms with E-state index in [9.17, 15) is 5.11 Å². The Morgan fingerprint density at radius 3 is 2.57 bits per heavy atom. The fraction of sp³-hybridized carbons (Fsp3) is 0.625. The second-order valence-electron chi connectivity index (χ2n) is 6.20. The normalized spacial score (nSPS) is 25.3. The summed E-state index contributed by atoms with van der Waals surface area (Å²) in [5.41, 5.74) is 0. The number of benzene rings is 1. The lowest BCUT2D eigenvalue weighted by Crippen LogP contribution is -3.18. The molecule has 1 unspecified atom stereocenters. The largest absolute Gasteiger partial charge is 0.491 e. The number of nitrogens with one attached hydrogen (secondary N) is 2. The van der Waals surface area contributed by atoms with Crippen LogP contribution in [0.15, 0.2) is 28.7 Å². The summed E-state index contributed by atoms with van der Waals surface area (Å²) in [5, 5.41) is 10.2. The Balaban J connectivity index is 1.71. The zero-order valence-corrected chi connectivity index (χ0v) is 14.5. The van der Waals surface area contributed by atoms with Crippen LogP contribution in [0.3, 0.4) is 0 Å². The standard InChI is InChI=1S/C16H25BrN2O2/c1-18-9-7-14(8-10-18)19(2)11-15(20)12-21-16-5-3-13(17)4-6-16/h3-6,14-15,20H,7-12H2,1-2H3/p+2/t15-/m0/s1. The summed E-state index contributed by atoms with van der Waals surface area (Å²) in [5.74, 6) is 0.804. The molecule has 0 aliphatic carbocycles. The molecule has 1 aliphatic heterocycles. The fourth-order valence-electron chi connectivity index (χ4n) is 2.92. The van der Waals surface area contributed by atoms with Crippen molar-refractivity contribution in [2.75, 3.05) is 40.3 Å². The Hall–Kier alpha value is -0.620. The van der Waals surface area contributed by atoms with E-state index in [0.29, 0.717) is 12.6 Å². The van der Waals surface area contributed by atoms with E-state index < -0.39 is 6.10 Å². The Bertz CT molecular complexity index is 419. The van der Waals surface area contributed by atoms with E-state index in [1.807, 2.05) is 24.3 Å². The average Bonchev–Trinajstić information content (AvgIpc) is 2.47. The van der Waals surface area contributed by atoms with Gasteiger partial charge in [0.25, 0.3) is 0 Å². The van der Waals surface area contributed by atoms with Gasteiger partial charge in [0, 0.05) is 17.3 Å². The molecule has 1 heterocycles.